The highest BCUT2D eigenvalue weighted by Gasteiger charge is 2.35. The number of hydrogen-bond acceptors (Lipinski definition) is 4. The van der Waals surface area contributed by atoms with Crippen molar-refractivity contribution in [2.75, 3.05) is 6.61 Å². The van der Waals surface area contributed by atoms with Gasteiger partial charge in [-0.2, -0.15) is 0 Å². The maximum atomic E-state index is 12.3. The number of nitrogens with one attached hydrogen (secondary N) is 1. The minimum atomic E-state index is -0.865. The van der Waals surface area contributed by atoms with Crippen molar-refractivity contribution in [1.29, 1.82) is 0 Å². The van der Waals surface area contributed by atoms with Crippen molar-refractivity contribution in [1.82, 2.24) is 5.32 Å². The first-order valence-electron chi connectivity index (χ1n) is 17.0. The molecule has 4 atom stereocenters. The summed E-state index contributed by atoms with van der Waals surface area (Å²) in [5.41, 5.74) is 0. The van der Waals surface area contributed by atoms with E-state index in [0.29, 0.717) is 18.6 Å². The Hall–Kier alpha value is -1.69. The van der Waals surface area contributed by atoms with Crippen LogP contribution in [0.1, 0.15) is 142 Å². The molecule has 0 radical (unpaired) electrons. The van der Waals surface area contributed by atoms with Crippen LogP contribution >= 0.6 is 0 Å². The number of carbonyl (C=O) groups excluding carboxylic acids is 1. The molecule has 2 unspecified atom stereocenters. The molecule has 0 aromatic carbocycles. The summed E-state index contributed by atoms with van der Waals surface area (Å²) in [4.78, 5) is 12.3. The smallest absolute Gasteiger partial charge is 0.220 e. The van der Waals surface area contributed by atoms with Crippen LogP contribution in [0.15, 0.2) is 48.6 Å². The van der Waals surface area contributed by atoms with Gasteiger partial charge in [-0.15, -0.1) is 0 Å². The number of aliphatic hydroxyl groups is 2. The average molecular weight is 574 g/mol. The van der Waals surface area contributed by atoms with E-state index in [9.17, 15) is 15.0 Å². The maximum absolute atomic E-state index is 12.3. The molecule has 236 valence electrons. The van der Waals surface area contributed by atoms with E-state index in [1.807, 2.05) is 6.08 Å². The van der Waals surface area contributed by atoms with Crippen molar-refractivity contribution in [2.45, 2.75) is 167 Å². The first-order valence-corrected chi connectivity index (χ1v) is 17.0. The molecule has 1 heterocycles. The lowest BCUT2D eigenvalue weighted by molar-refractivity contribution is -0.122. The predicted molar refractivity (Wildman–Crippen MR) is 174 cm³/mol. The molecule has 1 aliphatic heterocycles. The molecule has 0 saturated carbocycles. The van der Waals surface area contributed by atoms with Gasteiger partial charge >= 0.3 is 0 Å². The van der Waals surface area contributed by atoms with Gasteiger partial charge in [-0.3, -0.25) is 4.79 Å². The van der Waals surface area contributed by atoms with Gasteiger partial charge in [0.1, 0.15) is 0 Å². The van der Waals surface area contributed by atoms with Gasteiger partial charge in [-0.25, -0.2) is 0 Å². The number of aliphatic hydroxyl groups excluding tert-OH is 2. The molecule has 41 heavy (non-hydrogen) atoms. The Bertz CT molecular complexity index is 729. The Kier molecular flexibility index (Phi) is 24.7. The molecule has 1 aliphatic rings. The largest absolute Gasteiger partial charge is 0.394 e. The van der Waals surface area contributed by atoms with Crippen molar-refractivity contribution < 1.29 is 19.7 Å². The van der Waals surface area contributed by atoms with Gasteiger partial charge in [0, 0.05) is 6.42 Å². The fourth-order valence-electron chi connectivity index (χ4n) is 4.91. The van der Waals surface area contributed by atoms with Crippen molar-refractivity contribution in [3.05, 3.63) is 48.6 Å². The number of ether oxygens (including phenoxy) is 1. The topological polar surface area (TPSA) is 82.1 Å². The van der Waals surface area contributed by atoms with Crippen LogP contribution in [0.3, 0.4) is 0 Å². The lowest BCUT2D eigenvalue weighted by atomic mass is 10.1. The summed E-state index contributed by atoms with van der Waals surface area (Å²) in [6, 6.07) is -0.655. The van der Waals surface area contributed by atoms with Gasteiger partial charge in [0.2, 0.25) is 5.91 Å². The lowest BCUT2D eigenvalue weighted by Crippen LogP contribution is -2.45. The molecular weight excluding hydrogens is 510 g/mol. The summed E-state index contributed by atoms with van der Waals surface area (Å²) in [6.45, 7) is 4.21. The summed E-state index contributed by atoms with van der Waals surface area (Å²) in [7, 11) is 0. The van der Waals surface area contributed by atoms with E-state index in [2.05, 4.69) is 55.6 Å². The van der Waals surface area contributed by atoms with Gasteiger partial charge in [-0.1, -0.05) is 127 Å². The van der Waals surface area contributed by atoms with E-state index < -0.39 is 12.1 Å². The predicted octanol–water partition coefficient (Wildman–Crippen LogP) is 8.66. The van der Waals surface area contributed by atoms with Crippen LogP contribution < -0.4 is 5.32 Å². The number of epoxide rings is 1. The number of allylic oxidation sites excluding steroid dienone is 5. The third kappa shape index (κ3) is 22.6. The van der Waals surface area contributed by atoms with E-state index in [0.717, 1.165) is 44.9 Å². The van der Waals surface area contributed by atoms with Crippen LogP contribution in [0.4, 0.5) is 0 Å². The molecular formula is C36H63NO4. The minimum Gasteiger partial charge on any atom is -0.394 e. The second-order valence-electron chi connectivity index (χ2n) is 11.6. The molecule has 0 bridgehead atoms. The summed E-state index contributed by atoms with van der Waals surface area (Å²) in [5.74, 6) is -0.128. The number of amides is 1. The molecule has 0 aromatic heterocycles. The van der Waals surface area contributed by atoms with E-state index in [1.54, 1.807) is 6.08 Å². The van der Waals surface area contributed by atoms with Crippen LogP contribution in [0.25, 0.3) is 0 Å². The molecule has 3 N–H and O–H groups in total. The monoisotopic (exact) mass is 573 g/mol. The molecule has 1 amide bonds. The number of rotatable bonds is 28. The summed E-state index contributed by atoms with van der Waals surface area (Å²) in [5, 5.41) is 22.8. The zero-order chi connectivity index (χ0) is 29.8. The first-order chi connectivity index (χ1) is 20.1. The third-order valence-corrected chi connectivity index (χ3v) is 7.71. The summed E-state index contributed by atoms with van der Waals surface area (Å²) >= 11 is 0. The van der Waals surface area contributed by atoms with Gasteiger partial charge < -0.3 is 20.3 Å². The van der Waals surface area contributed by atoms with Crippen molar-refractivity contribution in [3.8, 4) is 0 Å². The Morgan fingerprint density at radius 1 is 0.707 bits per heavy atom. The molecule has 0 aliphatic carbocycles. The fraction of sp³-hybridized carbons (Fsp3) is 0.750. The quantitative estimate of drug-likeness (QED) is 0.0497. The molecule has 1 saturated heterocycles. The van der Waals surface area contributed by atoms with Gasteiger partial charge in [0.25, 0.3) is 0 Å². The molecule has 1 rings (SSSR count). The molecule has 5 nitrogen and oxygen atoms in total. The molecule has 1 fully saturated rings. The number of hydrogen-bond donors (Lipinski definition) is 3. The van der Waals surface area contributed by atoms with Crippen LogP contribution in [0, 0.1) is 0 Å². The highest BCUT2D eigenvalue weighted by molar-refractivity contribution is 5.76. The third-order valence-electron chi connectivity index (χ3n) is 7.71. The minimum absolute atomic E-state index is 0.128. The Labute approximate surface area is 252 Å². The van der Waals surface area contributed by atoms with E-state index in [4.69, 9.17) is 4.74 Å². The fourth-order valence-corrected chi connectivity index (χ4v) is 4.91. The second kappa shape index (κ2) is 27.2. The Morgan fingerprint density at radius 3 is 1.90 bits per heavy atom. The average Bonchev–Trinajstić information content (AvgIpc) is 3.73. The normalized spacial score (nSPS) is 18.7. The van der Waals surface area contributed by atoms with Crippen LogP contribution in [0.5, 0.6) is 0 Å². The lowest BCUT2D eigenvalue weighted by Gasteiger charge is -2.19. The Morgan fingerprint density at radius 2 is 1.22 bits per heavy atom. The van der Waals surface area contributed by atoms with Gasteiger partial charge in [0.15, 0.2) is 0 Å². The van der Waals surface area contributed by atoms with Crippen molar-refractivity contribution in [2.24, 2.45) is 0 Å². The van der Waals surface area contributed by atoms with Crippen LogP contribution in [-0.4, -0.2) is 47.1 Å². The highest BCUT2D eigenvalue weighted by atomic mass is 16.6. The first kappa shape index (κ1) is 37.3. The molecule has 0 aromatic rings. The van der Waals surface area contributed by atoms with Crippen LogP contribution in [0.2, 0.25) is 0 Å². The molecule has 5 heteroatoms. The zero-order valence-corrected chi connectivity index (χ0v) is 26.5. The maximum Gasteiger partial charge on any atom is 0.220 e. The zero-order valence-electron chi connectivity index (χ0n) is 26.5. The number of unbranched alkanes of at least 4 members (excludes halogenated alkanes) is 13. The SMILES string of the molecule is CCCCC/C=C\C/C=C\CC1OC1C/C=C\CCCC(=O)N[C@@H](CO)[C@H](O)/C=C/CCCCCCCCCCC. The van der Waals surface area contributed by atoms with Crippen molar-refractivity contribution >= 4 is 5.91 Å². The summed E-state index contributed by atoms with van der Waals surface area (Å²) < 4.78 is 5.75. The standard InChI is InChI=1S/C36H63NO4/c1-3-5-7-9-11-13-14-16-17-19-23-27-33(39)32(31-38)37-36(40)30-26-22-21-25-29-35-34(41-35)28-24-20-18-15-12-10-8-6-4-2/h12,15,20-21,23-25,27,32-35,38-39H,3-11,13-14,16-19,22,26,28-31H2,1-2H3,(H,37,40)/b15-12-,24-20-,25-21-,27-23+/t32-,33+,34?,35?/m0/s1. The van der Waals surface area contributed by atoms with Gasteiger partial charge in [-0.05, 0) is 57.8 Å². The number of carbonyl (C=O) groups is 1. The summed E-state index contributed by atoms with van der Waals surface area (Å²) in [6.07, 6.45) is 39.3. The van der Waals surface area contributed by atoms with Crippen molar-refractivity contribution in [3.63, 3.8) is 0 Å². The Balaban J connectivity index is 2.03. The second-order valence-corrected chi connectivity index (χ2v) is 11.6. The van der Waals surface area contributed by atoms with Crippen LogP contribution in [-0.2, 0) is 9.53 Å². The van der Waals surface area contributed by atoms with E-state index >= 15 is 0 Å². The van der Waals surface area contributed by atoms with E-state index in [1.165, 1.54) is 77.0 Å². The van der Waals surface area contributed by atoms with E-state index in [-0.39, 0.29) is 12.5 Å². The van der Waals surface area contributed by atoms with Gasteiger partial charge in [0.05, 0.1) is 31.0 Å². The molecule has 0 spiro atoms. The highest BCUT2D eigenvalue weighted by Crippen LogP contribution is 2.29.